The Hall–Kier alpha value is -2.25. The molecule has 0 aromatic heterocycles. The van der Waals surface area contributed by atoms with E-state index in [0.717, 1.165) is 13.2 Å². The average Bonchev–Trinajstić information content (AvgIpc) is 2.27. The van der Waals surface area contributed by atoms with Gasteiger partial charge in [-0.05, 0) is 18.2 Å². The first kappa shape index (κ1) is 13.8. The number of alkyl halides is 3. The van der Waals surface area contributed by atoms with E-state index < -0.39 is 35.1 Å². The van der Waals surface area contributed by atoms with Crippen molar-refractivity contribution in [2.75, 3.05) is 12.4 Å². The van der Waals surface area contributed by atoms with Gasteiger partial charge >= 0.3 is 18.2 Å². The van der Waals surface area contributed by atoms with Crippen LogP contribution >= 0.6 is 0 Å². The van der Waals surface area contributed by atoms with Crippen LogP contribution in [0.3, 0.4) is 0 Å². The number of carbonyl (C=O) groups excluding carboxylic acids is 1. The van der Waals surface area contributed by atoms with Crippen molar-refractivity contribution < 1.29 is 32.6 Å². The van der Waals surface area contributed by atoms with Crippen molar-refractivity contribution in [2.45, 2.75) is 6.18 Å². The highest BCUT2D eigenvalue weighted by Crippen LogP contribution is 2.32. The van der Waals surface area contributed by atoms with Crippen molar-refractivity contribution in [3.05, 3.63) is 29.3 Å². The van der Waals surface area contributed by atoms with Crippen molar-refractivity contribution in [1.82, 2.24) is 0 Å². The number of hydrogen-bond acceptors (Lipinski definition) is 3. The maximum Gasteiger partial charge on any atom is 0.416 e. The molecule has 0 spiro atoms. The summed E-state index contributed by atoms with van der Waals surface area (Å²) in [5.41, 5.74) is -2.02. The van der Waals surface area contributed by atoms with Gasteiger partial charge in [-0.25, -0.2) is 9.59 Å². The van der Waals surface area contributed by atoms with E-state index in [2.05, 4.69) is 4.74 Å². The molecule has 0 aliphatic carbocycles. The second-order valence-electron chi connectivity index (χ2n) is 3.18. The Morgan fingerprint density at radius 1 is 1.33 bits per heavy atom. The number of aromatic carboxylic acids is 1. The van der Waals surface area contributed by atoms with E-state index in [0.29, 0.717) is 12.1 Å². The summed E-state index contributed by atoms with van der Waals surface area (Å²) in [4.78, 5) is 21.7. The summed E-state index contributed by atoms with van der Waals surface area (Å²) in [6, 6.07) is 1.91. The zero-order valence-corrected chi connectivity index (χ0v) is 9.04. The molecule has 0 fully saturated rings. The van der Waals surface area contributed by atoms with Crippen molar-refractivity contribution >= 4 is 17.7 Å². The minimum atomic E-state index is -4.64. The molecule has 2 N–H and O–H groups in total. The Balaban J connectivity index is 3.24. The lowest BCUT2D eigenvalue weighted by molar-refractivity contribution is -0.137. The number of methoxy groups -OCH3 is 1. The van der Waals surface area contributed by atoms with Crippen LogP contribution in [0.25, 0.3) is 0 Å². The molecule has 0 aliphatic rings. The molecule has 1 rings (SSSR count). The number of halogens is 3. The summed E-state index contributed by atoms with van der Waals surface area (Å²) in [6.07, 6.45) is -5.69. The maximum absolute atomic E-state index is 12.4. The van der Waals surface area contributed by atoms with E-state index >= 15 is 0 Å². The van der Waals surface area contributed by atoms with Crippen molar-refractivity contribution in [2.24, 2.45) is 0 Å². The van der Waals surface area contributed by atoms with Gasteiger partial charge in [0, 0.05) is 0 Å². The van der Waals surface area contributed by atoms with Crippen LogP contribution in [0.1, 0.15) is 15.9 Å². The topological polar surface area (TPSA) is 75.6 Å². The second kappa shape index (κ2) is 4.94. The molecule has 0 aliphatic heterocycles. The lowest BCUT2D eigenvalue weighted by Crippen LogP contribution is -2.16. The molecular formula is C10H8F3NO4. The Bertz CT molecular complexity index is 485. The van der Waals surface area contributed by atoms with Gasteiger partial charge in [0.05, 0.1) is 23.9 Å². The van der Waals surface area contributed by atoms with Crippen LogP contribution in [0.4, 0.5) is 23.7 Å². The highest BCUT2D eigenvalue weighted by molar-refractivity contribution is 5.98. The lowest BCUT2D eigenvalue weighted by atomic mass is 10.1. The number of carbonyl (C=O) groups is 2. The number of hydrogen-bond donors (Lipinski definition) is 2. The third-order valence-electron chi connectivity index (χ3n) is 2.00. The largest absolute Gasteiger partial charge is 0.478 e. The summed E-state index contributed by atoms with van der Waals surface area (Å²) < 4.78 is 41.5. The fourth-order valence-electron chi connectivity index (χ4n) is 1.17. The number of benzene rings is 1. The molecule has 5 nitrogen and oxygen atoms in total. The van der Waals surface area contributed by atoms with Crippen molar-refractivity contribution in [3.63, 3.8) is 0 Å². The molecule has 1 aromatic carbocycles. The van der Waals surface area contributed by atoms with Crippen LogP contribution in [0, 0.1) is 0 Å². The minimum absolute atomic E-state index is 0.464. The molecule has 1 amide bonds. The van der Waals surface area contributed by atoms with Crippen LogP contribution in [-0.4, -0.2) is 24.3 Å². The zero-order chi connectivity index (χ0) is 13.9. The normalized spacial score (nSPS) is 10.9. The Morgan fingerprint density at radius 2 is 1.94 bits per heavy atom. The summed E-state index contributed by atoms with van der Waals surface area (Å²) >= 11 is 0. The van der Waals surface area contributed by atoms with E-state index in [1.807, 2.05) is 5.32 Å². The molecule has 0 atom stereocenters. The molecule has 8 heteroatoms. The minimum Gasteiger partial charge on any atom is -0.478 e. The number of nitrogens with one attached hydrogen (secondary N) is 1. The molecule has 1 aromatic rings. The van der Waals surface area contributed by atoms with Crippen LogP contribution < -0.4 is 5.32 Å². The highest BCUT2D eigenvalue weighted by Gasteiger charge is 2.31. The predicted octanol–water partition coefficient (Wildman–Crippen LogP) is 2.58. The zero-order valence-electron chi connectivity index (χ0n) is 9.04. The molecule has 0 saturated carbocycles. The molecule has 0 saturated heterocycles. The summed E-state index contributed by atoms with van der Waals surface area (Å²) in [5, 5.41) is 10.7. The summed E-state index contributed by atoms with van der Waals surface area (Å²) in [6.45, 7) is 0. The van der Waals surface area contributed by atoms with Gasteiger partial charge in [0.25, 0.3) is 0 Å². The third-order valence-corrected chi connectivity index (χ3v) is 2.00. The molecule has 0 radical (unpaired) electrons. The lowest BCUT2D eigenvalue weighted by Gasteiger charge is -2.11. The van der Waals surface area contributed by atoms with E-state index in [-0.39, 0.29) is 0 Å². The first-order valence-electron chi connectivity index (χ1n) is 4.55. The highest BCUT2D eigenvalue weighted by atomic mass is 19.4. The van der Waals surface area contributed by atoms with Gasteiger partial charge < -0.3 is 9.84 Å². The van der Waals surface area contributed by atoms with Gasteiger partial charge in [-0.3, -0.25) is 5.32 Å². The van der Waals surface area contributed by atoms with Gasteiger partial charge in [0.15, 0.2) is 0 Å². The Morgan fingerprint density at radius 3 is 2.39 bits per heavy atom. The number of ether oxygens (including phenoxy) is 1. The number of anilines is 1. The smallest absolute Gasteiger partial charge is 0.416 e. The quantitative estimate of drug-likeness (QED) is 0.859. The van der Waals surface area contributed by atoms with Gasteiger partial charge in [0.1, 0.15) is 0 Å². The summed E-state index contributed by atoms with van der Waals surface area (Å²) in [7, 11) is 1.00. The Labute approximate surface area is 99.2 Å². The monoisotopic (exact) mass is 263 g/mol. The molecule has 0 bridgehead atoms. The van der Waals surface area contributed by atoms with E-state index in [1.165, 1.54) is 0 Å². The molecule has 0 unspecified atom stereocenters. The van der Waals surface area contributed by atoms with Crippen LogP contribution in [-0.2, 0) is 10.9 Å². The molecule has 0 heterocycles. The number of amides is 1. The van der Waals surface area contributed by atoms with Gasteiger partial charge in [-0.15, -0.1) is 0 Å². The average molecular weight is 263 g/mol. The molecular weight excluding hydrogens is 255 g/mol. The van der Waals surface area contributed by atoms with Gasteiger partial charge in [-0.1, -0.05) is 0 Å². The van der Waals surface area contributed by atoms with Gasteiger partial charge in [-0.2, -0.15) is 13.2 Å². The first-order chi connectivity index (χ1) is 8.25. The fraction of sp³-hybridized carbons (Fsp3) is 0.200. The predicted molar refractivity (Wildman–Crippen MR) is 54.4 cm³/mol. The third kappa shape index (κ3) is 3.12. The molecule has 98 valence electrons. The van der Waals surface area contributed by atoms with E-state index in [1.54, 1.807) is 0 Å². The van der Waals surface area contributed by atoms with Crippen molar-refractivity contribution in [3.8, 4) is 0 Å². The standard InChI is InChI=1S/C10H8F3NO4/c1-18-9(17)14-7-4-5(10(11,12)13)2-3-6(7)8(15)16/h2-4H,1H3,(H,14,17)(H,15,16). The van der Waals surface area contributed by atoms with Crippen LogP contribution in [0.15, 0.2) is 18.2 Å². The summed E-state index contributed by atoms with van der Waals surface area (Å²) in [5.74, 6) is -1.46. The second-order valence-corrected chi connectivity index (χ2v) is 3.18. The molecule has 18 heavy (non-hydrogen) atoms. The van der Waals surface area contributed by atoms with E-state index in [9.17, 15) is 22.8 Å². The van der Waals surface area contributed by atoms with Crippen molar-refractivity contribution in [1.29, 1.82) is 0 Å². The van der Waals surface area contributed by atoms with Crippen LogP contribution in [0.2, 0.25) is 0 Å². The van der Waals surface area contributed by atoms with E-state index in [4.69, 9.17) is 5.11 Å². The number of carboxylic acids is 1. The fourth-order valence-corrected chi connectivity index (χ4v) is 1.17. The Kier molecular flexibility index (Phi) is 3.79. The first-order valence-corrected chi connectivity index (χ1v) is 4.55. The number of carboxylic acid groups (broad SMARTS) is 1. The number of rotatable bonds is 2. The van der Waals surface area contributed by atoms with Crippen LogP contribution in [0.5, 0.6) is 0 Å². The SMILES string of the molecule is COC(=O)Nc1cc(C(F)(F)F)ccc1C(=O)O. The van der Waals surface area contributed by atoms with Gasteiger partial charge in [0.2, 0.25) is 0 Å². The maximum atomic E-state index is 12.4.